The highest BCUT2D eigenvalue weighted by molar-refractivity contribution is 7.21. The Morgan fingerprint density at radius 3 is 1.65 bits per heavy atom. The van der Waals surface area contributed by atoms with Crippen LogP contribution in [0.3, 0.4) is 0 Å². The number of ether oxygens (including phenoxy) is 4. The van der Waals surface area contributed by atoms with Crippen molar-refractivity contribution in [1.82, 2.24) is 50.2 Å². The predicted octanol–water partition coefficient (Wildman–Crippen LogP) is 11.8. The average molecular weight is 1190 g/mol. The standard InChI is InChI=1S/C63H100N12O8S/c1-46(2)44-51(53(76)65-32-23-34-72-35-37-73(58(77)81-61(3,4)5)39-41-75(60(79)83-63(9,10)11)42-40-74(38-36-72)59(78)82-62(6,7)8)68-56-69-55(66-49-24-19-17-15-13-12-14-16-18-20-25-49)70-57(71-56)80-43-33-64-45-47-28-30-48(31-29-47)54-67-50-26-21-22-27-52(50)84-54/h21-22,26-31,46,49,51,64H,12-20,23-25,32-45H2,1-11H3,(H,65,76)(H2,66,68,69,70,71)/t51-/m1/s1. The lowest BCUT2D eigenvalue weighted by Gasteiger charge is -2.35. The van der Waals surface area contributed by atoms with Crippen LogP contribution in [-0.2, 0) is 25.5 Å². The largest absolute Gasteiger partial charge is 0.462 e. The van der Waals surface area contributed by atoms with E-state index in [2.05, 4.69) is 70.3 Å². The number of nitrogens with one attached hydrogen (secondary N) is 4. The summed E-state index contributed by atoms with van der Waals surface area (Å²) in [5.41, 5.74) is 1.02. The Labute approximate surface area is 504 Å². The highest BCUT2D eigenvalue weighted by Gasteiger charge is 2.30. The fourth-order valence-corrected chi connectivity index (χ4v) is 10.9. The summed E-state index contributed by atoms with van der Waals surface area (Å²) < 4.78 is 24.9. The molecule has 4 amide bonds. The van der Waals surface area contributed by atoms with Crippen molar-refractivity contribution < 1.29 is 38.1 Å². The maximum Gasteiger partial charge on any atom is 0.410 e. The van der Waals surface area contributed by atoms with Crippen molar-refractivity contribution in [3.05, 3.63) is 54.1 Å². The first kappa shape index (κ1) is 67.1. The Bertz CT molecular complexity index is 2560. The normalized spacial score (nSPS) is 16.8. The fourth-order valence-electron chi connectivity index (χ4n) is 9.95. The number of amides is 4. The summed E-state index contributed by atoms with van der Waals surface area (Å²) in [6.45, 7) is 25.1. The van der Waals surface area contributed by atoms with E-state index in [1.165, 1.54) is 54.5 Å². The Morgan fingerprint density at radius 2 is 1.13 bits per heavy atom. The molecule has 4 N–H and O–H groups in total. The molecule has 466 valence electrons. The fraction of sp³-hybridized carbons (Fsp3) is 0.683. The number of benzene rings is 2. The van der Waals surface area contributed by atoms with Gasteiger partial charge in [-0.15, -0.1) is 11.3 Å². The zero-order valence-corrected chi connectivity index (χ0v) is 53.3. The summed E-state index contributed by atoms with van der Waals surface area (Å²) >= 11 is 1.70. The van der Waals surface area contributed by atoms with Gasteiger partial charge in [-0.25, -0.2) is 19.4 Å². The van der Waals surface area contributed by atoms with Crippen LogP contribution in [0.1, 0.15) is 165 Å². The monoisotopic (exact) mass is 1180 g/mol. The SMILES string of the molecule is CC(C)C[C@@H](Nc1nc(NC2CCCCCCCCCCC2)nc(OCCNCc2ccc(-c3nc4ccccc4s3)cc2)n1)C(=O)NCCCN1CCN(C(=O)OC(C)(C)C)CCN(C(=O)OC(C)(C)C)CCN(C(=O)OC(C)(C)C)CC1. The summed E-state index contributed by atoms with van der Waals surface area (Å²) in [6, 6.07) is 16.4. The van der Waals surface area contributed by atoms with Gasteiger partial charge in [0, 0.05) is 83.6 Å². The van der Waals surface area contributed by atoms with Crippen LogP contribution >= 0.6 is 11.3 Å². The smallest absolute Gasteiger partial charge is 0.410 e. The summed E-state index contributed by atoms with van der Waals surface area (Å²) in [5.74, 6) is 0.656. The number of para-hydroxylation sites is 1. The van der Waals surface area contributed by atoms with Crippen molar-refractivity contribution >= 4 is 57.6 Å². The maximum absolute atomic E-state index is 14.3. The van der Waals surface area contributed by atoms with Crippen LogP contribution in [0, 0.1) is 5.92 Å². The van der Waals surface area contributed by atoms with E-state index < -0.39 is 41.1 Å². The van der Waals surface area contributed by atoms with Crippen LogP contribution in [0.5, 0.6) is 6.01 Å². The number of thiazole rings is 1. The second kappa shape index (κ2) is 33.0. The van der Waals surface area contributed by atoms with Crippen molar-refractivity contribution in [3.63, 3.8) is 0 Å². The molecular formula is C63H100N12O8S. The second-order valence-electron chi connectivity index (χ2n) is 25.8. The lowest BCUT2D eigenvalue weighted by atomic mass is 9.98. The molecule has 6 rings (SSSR count). The number of carbonyl (C=O) groups excluding carboxylic acids is 4. The van der Waals surface area contributed by atoms with Gasteiger partial charge in [0.05, 0.1) is 10.2 Å². The average Bonchev–Trinajstić information content (AvgIpc) is 4.10. The minimum absolute atomic E-state index is 0.160. The molecule has 0 radical (unpaired) electrons. The van der Waals surface area contributed by atoms with Crippen molar-refractivity contribution in [1.29, 1.82) is 0 Å². The van der Waals surface area contributed by atoms with Gasteiger partial charge < -0.3 is 54.9 Å². The van der Waals surface area contributed by atoms with E-state index in [1.807, 2.05) is 59.7 Å². The van der Waals surface area contributed by atoms with Gasteiger partial charge in [-0.2, -0.15) is 15.0 Å². The molecule has 2 aromatic carbocycles. The molecule has 3 heterocycles. The molecule has 0 bridgehead atoms. The quantitative estimate of drug-likeness (QED) is 0.0538. The van der Waals surface area contributed by atoms with E-state index in [0.29, 0.717) is 77.8 Å². The number of hydrogen-bond donors (Lipinski definition) is 4. The van der Waals surface area contributed by atoms with E-state index in [-0.39, 0.29) is 56.0 Å². The molecule has 2 aliphatic rings. The van der Waals surface area contributed by atoms with Gasteiger partial charge in [-0.05, 0) is 118 Å². The first-order valence-electron chi connectivity index (χ1n) is 31.0. The third-order valence-electron chi connectivity index (χ3n) is 14.3. The van der Waals surface area contributed by atoms with E-state index in [1.54, 1.807) is 41.9 Å². The number of anilines is 2. The lowest BCUT2D eigenvalue weighted by molar-refractivity contribution is -0.122. The molecular weight excluding hydrogens is 1080 g/mol. The zero-order chi connectivity index (χ0) is 60.7. The van der Waals surface area contributed by atoms with Gasteiger partial charge in [0.2, 0.25) is 17.8 Å². The first-order chi connectivity index (χ1) is 39.9. The van der Waals surface area contributed by atoms with Crippen LogP contribution in [-0.4, -0.2) is 171 Å². The molecule has 1 aliphatic carbocycles. The van der Waals surface area contributed by atoms with Gasteiger partial charge in [0.1, 0.15) is 34.5 Å². The maximum atomic E-state index is 14.3. The van der Waals surface area contributed by atoms with Crippen LogP contribution in [0.15, 0.2) is 48.5 Å². The number of carbonyl (C=O) groups is 4. The van der Waals surface area contributed by atoms with Gasteiger partial charge in [-0.3, -0.25) is 9.69 Å². The summed E-state index contributed by atoms with van der Waals surface area (Å²) in [6.07, 6.45) is 12.7. The lowest BCUT2D eigenvalue weighted by Crippen LogP contribution is -2.51. The van der Waals surface area contributed by atoms with Crippen LogP contribution in [0.2, 0.25) is 0 Å². The minimum Gasteiger partial charge on any atom is -0.462 e. The molecule has 1 saturated carbocycles. The molecule has 1 aliphatic heterocycles. The predicted molar refractivity (Wildman–Crippen MR) is 335 cm³/mol. The summed E-state index contributed by atoms with van der Waals surface area (Å²) in [7, 11) is 0. The number of aromatic nitrogens is 4. The molecule has 21 heteroatoms. The van der Waals surface area contributed by atoms with E-state index in [9.17, 15) is 19.2 Å². The number of fused-ring (bicyclic) bond motifs is 1. The third kappa shape index (κ3) is 24.9. The summed E-state index contributed by atoms with van der Waals surface area (Å²) in [4.78, 5) is 81.4. The van der Waals surface area contributed by atoms with Crippen LogP contribution < -0.4 is 26.0 Å². The molecule has 1 saturated heterocycles. The molecule has 4 aromatic rings. The Kier molecular flexibility index (Phi) is 26.4. The highest BCUT2D eigenvalue weighted by Crippen LogP contribution is 2.30. The molecule has 2 fully saturated rings. The van der Waals surface area contributed by atoms with Gasteiger partial charge in [0.15, 0.2) is 0 Å². The molecule has 2 aromatic heterocycles. The van der Waals surface area contributed by atoms with Crippen molar-refractivity contribution in [3.8, 4) is 16.6 Å². The van der Waals surface area contributed by atoms with Gasteiger partial charge >= 0.3 is 24.3 Å². The van der Waals surface area contributed by atoms with Crippen LogP contribution in [0.25, 0.3) is 20.8 Å². The molecule has 0 unspecified atom stereocenters. The van der Waals surface area contributed by atoms with Crippen molar-refractivity contribution in [2.24, 2.45) is 5.92 Å². The molecule has 84 heavy (non-hydrogen) atoms. The first-order valence-corrected chi connectivity index (χ1v) is 31.8. The molecule has 20 nitrogen and oxygen atoms in total. The molecule has 0 spiro atoms. The van der Waals surface area contributed by atoms with E-state index in [0.717, 1.165) is 47.3 Å². The minimum atomic E-state index is -0.752. The Hall–Kier alpha value is -6.06. The Morgan fingerprint density at radius 1 is 0.619 bits per heavy atom. The summed E-state index contributed by atoms with van der Waals surface area (Å²) in [5, 5.41) is 14.7. The van der Waals surface area contributed by atoms with Gasteiger partial charge in [-0.1, -0.05) is 108 Å². The molecule has 1 atom stereocenters. The van der Waals surface area contributed by atoms with E-state index in [4.69, 9.17) is 38.9 Å². The van der Waals surface area contributed by atoms with E-state index >= 15 is 0 Å². The van der Waals surface area contributed by atoms with Crippen molar-refractivity contribution in [2.45, 2.75) is 195 Å². The number of rotatable bonds is 18. The highest BCUT2D eigenvalue weighted by atomic mass is 32.1. The third-order valence-corrected chi connectivity index (χ3v) is 15.4. The number of nitrogens with zero attached hydrogens (tertiary/aromatic N) is 8. The van der Waals surface area contributed by atoms with Crippen molar-refractivity contribution in [2.75, 3.05) is 89.2 Å². The second-order valence-corrected chi connectivity index (χ2v) is 26.8. The Balaban J connectivity index is 1.12. The van der Waals surface area contributed by atoms with Crippen LogP contribution in [0.4, 0.5) is 26.3 Å². The topological polar surface area (TPSA) is 218 Å². The number of hydrogen-bond acceptors (Lipinski definition) is 17. The van der Waals surface area contributed by atoms with Gasteiger partial charge in [0.25, 0.3) is 0 Å². The zero-order valence-electron chi connectivity index (χ0n) is 52.5.